The number of nitrogens with one attached hydrogen (secondary N) is 2. The lowest BCUT2D eigenvalue weighted by Gasteiger charge is -2.33. The Morgan fingerprint density at radius 2 is 1.12 bits per heavy atom. The number of carbonyl (C=O) groups excluding carboxylic acids is 2. The van der Waals surface area contributed by atoms with Crippen LogP contribution >= 0.6 is 0 Å². The number of Topliss-reactive ketones (excluding diaryl/α,β-unsaturated/α-hetero) is 1. The number of carbonyl (C=O) groups is 2. The van der Waals surface area contributed by atoms with E-state index in [4.69, 9.17) is 9.47 Å². The largest absolute Gasteiger partial charge is 0.456 e. The van der Waals surface area contributed by atoms with Gasteiger partial charge in [0.2, 0.25) is 0 Å². The number of hydrogen-bond acceptors (Lipinski definition) is 8. The third-order valence-electron chi connectivity index (χ3n) is 8.00. The topological polar surface area (TPSA) is 136 Å². The summed E-state index contributed by atoms with van der Waals surface area (Å²) >= 11 is 0. The van der Waals surface area contributed by atoms with Crippen LogP contribution in [-0.2, 0) is 9.47 Å². The Balaban J connectivity index is 1.08. The summed E-state index contributed by atoms with van der Waals surface area (Å²) in [5, 5.41) is 14.6. The minimum absolute atomic E-state index is 0.186. The lowest BCUT2D eigenvalue weighted by atomic mass is 9.94. The number of nitrogens with zero attached hydrogens (tertiary/aromatic N) is 4. The van der Waals surface area contributed by atoms with Gasteiger partial charge in [-0.1, -0.05) is 91.0 Å². The van der Waals surface area contributed by atoms with E-state index in [1.54, 1.807) is 44.2 Å². The van der Waals surface area contributed by atoms with Crippen molar-refractivity contribution in [1.29, 1.82) is 0 Å². The second-order valence-electron chi connectivity index (χ2n) is 13.0. The molecule has 2 aromatic heterocycles. The molecule has 1 unspecified atom stereocenters. The zero-order valence-electron chi connectivity index (χ0n) is 28.1. The summed E-state index contributed by atoms with van der Waals surface area (Å²) in [6.07, 6.45) is -0.0573. The van der Waals surface area contributed by atoms with E-state index in [2.05, 4.69) is 30.4 Å². The van der Waals surface area contributed by atoms with Gasteiger partial charge in [0, 0.05) is 34.2 Å². The highest BCUT2D eigenvalue weighted by Gasteiger charge is 2.35. The van der Waals surface area contributed by atoms with Gasteiger partial charge in [-0.25, -0.2) is 14.8 Å². The Hall–Kier alpha value is -5.74. The van der Waals surface area contributed by atoms with Gasteiger partial charge in [0.1, 0.15) is 11.2 Å². The van der Waals surface area contributed by atoms with E-state index in [0.717, 1.165) is 11.1 Å². The number of H-pyrrole nitrogens is 2. The van der Waals surface area contributed by atoms with Crippen LogP contribution in [0.25, 0.3) is 45.6 Å². The summed E-state index contributed by atoms with van der Waals surface area (Å²) in [5.74, 6) is 1.59. The average molecular weight is 655 g/mol. The maximum absolute atomic E-state index is 13.7. The van der Waals surface area contributed by atoms with Gasteiger partial charge < -0.3 is 9.47 Å². The molecule has 0 fully saturated rings. The smallest absolute Gasteiger partial charge is 0.338 e. The molecule has 0 aliphatic carbocycles. The van der Waals surface area contributed by atoms with Crippen LogP contribution in [0.4, 0.5) is 0 Å². The molecule has 0 radical (unpaired) electrons. The standard InChI is InChI=1S/C39H38N6O4/c1-25(48-39(4,5)32(46)28-18-12-19-29(22-28)35-40-33(42-44-35)26-14-8-6-9-15-26)24-38(2,3)49-37(47)31-21-13-20-30(23-31)36-41-34(43-45-36)27-16-10-7-11-17-27/h6-23,25H,24H2,1-5H3,(H,40,42,44)(H,41,43,45). The summed E-state index contributed by atoms with van der Waals surface area (Å²) in [5.41, 5.74) is 2.04. The third-order valence-corrected chi connectivity index (χ3v) is 8.00. The quantitative estimate of drug-likeness (QED) is 0.100. The minimum Gasteiger partial charge on any atom is -0.456 e. The Bertz CT molecular complexity index is 2070. The van der Waals surface area contributed by atoms with Crippen LogP contribution in [-0.4, -0.2) is 59.4 Å². The van der Waals surface area contributed by atoms with Gasteiger partial charge in [0.25, 0.3) is 0 Å². The van der Waals surface area contributed by atoms with E-state index >= 15 is 0 Å². The number of rotatable bonds is 12. The number of benzene rings is 4. The van der Waals surface area contributed by atoms with Crippen LogP contribution in [0.3, 0.4) is 0 Å². The van der Waals surface area contributed by atoms with Crippen LogP contribution in [0.1, 0.15) is 61.8 Å². The average Bonchev–Trinajstić information content (AvgIpc) is 3.80. The first kappa shape index (κ1) is 33.2. The van der Waals surface area contributed by atoms with Crippen molar-refractivity contribution in [3.63, 3.8) is 0 Å². The second-order valence-corrected chi connectivity index (χ2v) is 13.0. The third kappa shape index (κ3) is 7.88. The number of ether oxygens (including phenoxy) is 2. The molecule has 1 atom stereocenters. The molecule has 0 bridgehead atoms. The summed E-state index contributed by atoms with van der Waals surface area (Å²) in [6, 6.07) is 33.6. The van der Waals surface area contributed by atoms with E-state index in [1.165, 1.54) is 0 Å². The molecule has 6 aromatic rings. The lowest BCUT2D eigenvalue weighted by molar-refractivity contribution is -0.0790. The van der Waals surface area contributed by atoms with Crippen LogP contribution in [0.15, 0.2) is 109 Å². The zero-order valence-corrected chi connectivity index (χ0v) is 28.1. The summed E-state index contributed by atoms with van der Waals surface area (Å²) in [7, 11) is 0. The molecule has 0 aliphatic rings. The summed E-state index contributed by atoms with van der Waals surface area (Å²) in [6.45, 7) is 9.02. The SMILES string of the molecule is CC(CC(C)(C)OC(=O)c1cccc(-c2n[nH]c(-c3ccccc3)n2)c1)OC(C)(C)C(=O)c1cccc(-c2n[nH]c(-c3ccccc3)n2)c1. The Morgan fingerprint density at radius 1 is 0.653 bits per heavy atom. The summed E-state index contributed by atoms with van der Waals surface area (Å²) < 4.78 is 12.3. The molecule has 2 heterocycles. The fraction of sp³-hybridized carbons (Fsp3) is 0.231. The van der Waals surface area contributed by atoms with Gasteiger partial charge >= 0.3 is 5.97 Å². The van der Waals surface area contributed by atoms with E-state index in [-0.39, 0.29) is 5.78 Å². The van der Waals surface area contributed by atoms with Crippen LogP contribution < -0.4 is 0 Å². The maximum atomic E-state index is 13.7. The first-order chi connectivity index (χ1) is 23.5. The second kappa shape index (κ2) is 13.8. The van der Waals surface area contributed by atoms with Crippen molar-refractivity contribution < 1.29 is 19.1 Å². The fourth-order valence-corrected chi connectivity index (χ4v) is 5.81. The Morgan fingerprint density at radius 3 is 1.65 bits per heavy atom. The van der Waals surface area contributed by atoms with Gasteiger partial charge in [0.15, 0.2) is 29.1 Å². The van der Waals surface area contributed by atoms with E-state index in [0.29, 0.717) is 52.0 Å². The number of aromatic nitrogens is 6. The molecule has 0 saturated carbocycles. The van der Waals surface area contributed by atoms with Crippen molar-refractivity contribution in [1.82, 2.24) is 30.4 Å². The van der Waals surface area contributed by atoms with Gasteiger partial charge in [-0.2, -0.15) is 10.2 Å². The van der Waals surface area contributed by atoms with Crippen molar-refractivity contribution in [3.8, 4) is 45.6 Å². The molecule has 0 spiro atoms. The van der Waals surface area contributed by atoms with Crippen molar-refractivity contribution in [2.45, 2.75) is 58.3 Å². The first-order valence-corrected chi connectivity index (χ1v) is 16.1. The van der Waals surface area contributed by atoms with Gasteiger partial charge in [-0.15, -0.1) is 0 Å². The molecule has 49 heavy (non-hydrogen) atoms. The molecule has 0 saturated heterocycles. The fourth-order valence-electron chi connectivity index (χ4n) is 5.81. The molecule has 10 nitrogen and oxygen atoms in total. The molecular formula is C39H38N6O4. The van der Waals surface area contributed by atoms with Crippen LogP contribution in [0, 0.1) is 0 Å². The Labute approximate surface area is 285 Å². The molecule has 4 aromatic carbocycles. The van der Waals surface area contributed by atoms with Gasteiger partial charge in [-0.3, -0.25) is 15.0 Å². The monoisotopic (exact) mass is 654 g/mol. The number of ketones is 1. The van der Waals surface area contributed by atoms with E-state index in [1.807, 2.05) is 99.6 Å². The molecule has 248 valence electrons. The predicted molar refractivity (Wildman–Crippen MR) is 188 cm³/mol. The number of aromatic amines is 2. The van der Waals surface area contributed by atoms with Crippen molar-refractivity contribution in [2.24, 2.45) is 0 Å². The molecule has 2 N–H and O–H groups in total. The normalized spacial score (nSPS) is 12.4. The van der Waals surface area contributed by atoms with E-state index in [9.17, 15) is 9.59 Å². The maximum Gasteiger partial charge on any atom is 0.338 e. The van der Waals surface area contributed by atoms with Crippen LogP contribution in [0.2, 0.25) is 0 Å². The lowest BCUT2D eigenvalue weighted by Crippen LogP contribution is -2.41. The van der Waals surface area contributed by atoms with Gasteiger partial charge in [-0.05, 0) is 52.8 Å². The van der Waals surface area contributed by atoms with Crippen molar-refractivity contribution in [2.75, 3.05) is 0 Å². The summed E-state index contributed by atoms with van der Waals surface area (Å²) in [4.78, 5) is 36.2. The van der Waals surface area contributed by atoms with E-state index < -0.39 is 23.3 Å². The number of esters is 1. The molecule has 0 aliphatic heterocycles. The highest BCUT2D eigenvalue weighted by molar-refractivity contribution is 6.02. The van der Waals surface area contributed by atoms with Crippen molar-refractivity contribution >= 4 is 11.8 Å². The molecular weight excluding hydrogens is 616 g/mol. The van der Waals surface area contributed by atoms with Crippen molar-refractivity contribution in [3.05, 3.63) is 120 Å². The zero-order chi connectivity index (χ0) is 34.6. The minimum atomic E-state index is -1.16. The highest BCUT2D eigenvalue weighted by atomic mass is 16.6. The Kier molecular flexibility index (Phi) is 9.33. The molecule has 0 amide bonds. The molecule has 6 rings (SSSR count). The molecule has 10 heteroatoms. The first-order valence-electron chi connectivity index (χ1n) is 16.1. The van der Waals surface area contributed by atoms with Gasteiger partial charge in [0.05, 0.1) is 11.7 Å². The highest BCUT2D eigenvalue weighted by Crippen LogP contribution is 2.28. The number of hydrogen-bond donors (Lipinski definition) is 2. The van der Waals surface area contributed by atoms with Crippen LogP contribution in [0.5, 0.6) is 0 Å². The predicted octanol–water partition coefficient (Wildman–Crippen LogP) is 7.98.